The van der Waals surface area contributed by atoms with Gasteiger partial charge < -0.3 is 0 Å². The van der Waals surface area contributed by atoms with Gasteiger partial charge in [-0.05, 0) is 40.2 Å². The molecule has 90 valence electrons. The van der Waals surface area contributed by atoms with Crippen LogP contribution in [0, 0.1) is 0 Å². The number of thioether (sulfide) groups is 1. The molecule has 0 aliphatic carbocycles. The van der Waals surface area contributed by atoms with Crippen molar-refractivity contribution in [3.8, 4) is 0 Å². The van der Waals surface area contributed by atoms with Crippen LogP contribution >= 0.6 is 27.7 Å². The highest BCUT2D eigenvalue weighted by molar-refractivity contribution is 9.10. The van der Waals surface area contributed by atoms with Gasteiger partial charge in [-0.1, -0.05) is 6.92 Å². The zero-order chi connectivity index (χ0) is 11.8. The molecule has 1 heterocycles. The fourth-order valence-corrected chi connectivity index (χ4v) is 2.50. The summed E-state index contributed by atoms with van der Waals surface area (Å²) in [6.45, 7) is 2.19. The predicted octanol–water partition coefficient (Wildman–Crippen LogP) is 2.36. The Morgan fingerprint density at radius 2 is 2.38 bits per heavy atom. The minimum Gasteiger partial charge on any atom is -0.271 e. The molecule has 0 aromatic carbocycles. The van der Waals surface area contributed by atoms with Gasteiger partial charge in [0.1, 0.15) is 0 Å². The van der Waals surface area contributed by atoms with Crippen molar-refractivity contribution in [2.45, 2.75) is 25.8 Å². The third kappa shape index (κ3) is 5.30. The summed E-state index contributed by atoms with van der Waals surface area (Å²) in [6, 6.07) is 4.33. The first-order valence-corrected chi connectivity index (χ1v) is 7.35. The van der Waals surface area contributed by atoms with E-state index in [2.05, 4.69) is 33.3 Å². The number of hydrogen-bond acceptors (Lipinski definition) is 4. The summed E-state index contributed by atoms with van der Waals surface area (Å²) in [5.41, 5.74) is 3.92. The van der Waals surface area contributed by atoms with Gasteiger partial charge in [-0.2, -0.15) is 11.8 Å². The first kappa shape index (κ1) is 14.0. The summed E-state index contributed by atoms with van der Waals surface area (Å²) in [5.74, 6) is 7.75. The standard InChI is InChI=1S/C11H18BrN3S/c1-2-5-16-8-11(15-13)6-10-4-3-9(12)7-14-10/h3-4,7,11,15H,2,5-6,8,13H2,1H3. The number of nitrogens with two attached hydrogens (primary N) is 1. The molecule has 0 fully saturated rings. The average Bonchev–Trinajstić information content (AvgIpc) is 2.31. The zero-order valence-corrected chi connectivity index (χ0v) is 11.9. The maximum atomic E-state index is 5.53. The van der Waals surface area contributed by atoms with Crippen LogP contribution in [-0.4, -0.2) is 22.5 Å². The fourth-order valence-electron chi connectivity index (χ4n) is 1.32. The summed E-state index contributed by atoms with van der Waals surface area (Å²) in [5, 5.41) is 0. The van der Waals surface area contributed by atoms with E-state index in [1.807, 2.05) is 30.1 Å². The number of hydrogen-bond donors (Lipinski definition) is 2. The van der Waals surface area contributed by atoms with Gasteiger partial charge in [0, 0.05) is 34.6 Å². The molecule has 0 bridgehead atoms. The third-order valence-electron chi connectivity index (χ3n) is 2.15. The Bertz CT molecular complexity index is 292. The molecule has 3 N–H and O–H groups in total. The summed E-state index contributed by atoms with van der Waals surface area (Å²) in [7, 11) is 0. The Kier molecular flexibility index (Phi) is 7.03. The fraction of sp³-hybridized carbons (Fsp3) is 0.545. The number of nitrogens with zero attached hydrogens (tertiary/aromatic N) is 1. The number of aromatic nitrogens is 1. The van der Waals surface area contributed by atoms with Crippen LogP contribution in [0.15, 0.2) is 22.8 Å². The van der Waals surface area contributed by atoms with E-state index in [0.29, 0.717) is 6.04 Å². The monoisotopic (exact) mass is 303 g/mol. The molecule has 0 radical (unpaired) electrons. The van der Waals surface area contributed by atoms with Crippen LogP contribution in [0.1, 0.15) is 19.0 Å². The summed E-state index contributed by atoms with van der Waals surface area (Å²) < 4.78 is 1.01. The van der Waals surface area contributed by atoms with Gasteiger partial charge >= 0.3 is 0 Å². The molecule has 1 aromatic heterocycles. The van der Waals surface area contributed by atoms with Crippen molar-refractivity contribution in [2.24, 2.45) is 5.84 Å². The molecule has 0 amide bonds. The van der Waals surface area contributed by atoms with Crippen molar-refractivity contribution in [3.05, 3.63) is 28.5 Å². The van der Waals surface area contributed by atoms with E-state index >= 15 is 0 Å². The molecule has 5 heteroatoms. The van der Waals surface area contributed by atoms with Crippen LogP contribution in [0.4, 0.5) is 0 Å². The maximum absolute atomic E-state index is 5.53. The van der Waals surface area contributed by atoms with Crippen LogP contribution in [-0.2, 0) is 6.42 Å². The first-order chi connectivity index (χ1) is 7.76. The SMILES string of the molecule is CCCSCC(Cc1ccc(Br)cn1)NN. The highest BCUT2D eigenvalue weighted by Gasteiger charge is 2.08. The Morgan fingerprint density at radius 3 is 2.94 bits per heavy atom. The number of halogens is 1. The molecule has 16 heavy (non-hydrogen) atoms. The van der Waals surface area contributed by atoms with E-state index in [4.69, 9.17) is 5.84 Å². The molecule has 0 saturated carbocycles. The van der Waals surface area contributed by atoms with Crippen LogP contribution in [0.2, 0.25) is 0 Å². The first-order valence-electron chi connectivity index (χ1n) is 5.40. The molecule has 0 saturated heterocycles. The second kappa shape index (κ2) is 8.06. The minimum absolute atomic E-state index is 0.297. The van der Waals surface area contributed by atoms with Gasteiger partial charge in [0.15, 0.2) is 0 Å². The van der Waals surface area contributed by atoms with E-state index < -0.39 is 0 Å². The van der Waals surface area contributed by atoms with Gasteiger partial charge in [-0.15, -0.1) is 0 Å². The second-order valence-electron chi connectivity index (χ2n) is 3.61. The number of hydrazine groups is 1. The number of pyridine rings is 1. The summed E-state index contributed by atoms with van der Waals surface area (Å²) in [4.78, 5) is 4.34. The summed E-state index contributed by atoms with van der Waals surface area (Å²) in [6.07, 6.45) is 3.90. The predicted molar refractivity (Wildman–Crippen MR) is 74.4 cm³/mol. The minimum atomic E-state index is 0.297. The van der Waals surface area contributed by atoms with Gasteiger partial charge in [-0.3, -0.25) is 16.3 Å². The van der Waals surface area contributed by atoms with Gasteiger partial charge in [0.25, 0.3) is 0 Å². The molecule has 1 unspecified atom stereocenters. The van der Waals surface area contributed by atoms with Crippen molar-refractivity contribution in [1.29, 1.82) is 0 Å². The van der Waals surface area contributed by atoms with Gasteiger partial charge in [-0.25, -0.2) is 0 Å². The third-order valence-corrected chi connectivity index (χ3v) is 3.95. The molecular weight excluding hydrogens is 286 g/mol. The van der Waals surface area contributed by atoms with E-state index in [0.717, 1.165) is 22.3 Å². The Morgan fingerprint density at radius 1 is 1.56 bits per heavy atom. The van der Waals surface area contributed by atoms with Gasteiger partial charge in [0.05, 0.1) is 0 Å². The maximum Gasteiger partial charge on any atom is 0.0420 e. The average molecular weight is 304 g/mol. The van der Waals surface area contributed by atoms with E-state index in [1.165, 1.54) is 12.2 Å². The number of rotatable bonds is 7. The molecule has 0 spiro atoms. The number of nitrogens with one attached hydrogen (secondary N) is 1. The molecule has 1 atom stereocenters. The van der Waals surface area contributed by atoms with E-state index in [9.17, 15) is 0 Å². The van der Waals surface area contributed by atoms with Crippen LogP contribution in [0.5, 0.6) is 0 Å². The Balaban J connectivity index is 2.40. The van der Waals surface area contributed by atoms with Crippen molar-refractivity contribution in [2.75, 3.05) is 11.5 Å². The Labute approximate surface area is 110 Å². The van der Waals surface area contributed by atoms with Crippen molar-refractivity contribution in [3.63, 3.8) is 0 Å². The largest absolute Gasteiger partial charge is 0.271 e. The lowest BCUT2D eigenvalue weighted by Crippen LogP contribution is -2.39. The van der Waals surface area contributed by atoms with E-state index in [1.54, 1.807) is 0 Å². The Hall–Kier alpha value is -0.100. The van der Waals surface area contributed by atoms with Crippen molar-refractivity contribution >= 4 is 27.7 Å². The van der Waals surface area contributed by atoms with Gasteiger partial charge in [0.2, 0.25) is 0 Å². The normalized spacial score (nSPS) is 12.7. The smallest absolute Gasteiger partial charge is 0.0420 e. The topological polar surface area (TPSA) is 50.9 Å². The molecule has 1 aromatic rings. The highest BCUT2D eigenvalue weighted by atomic mass is 79.9. The van der Waals surface area contributed by atoms with Crippen LogP contribution in [0.25, 0.3) is 0 Å². The molecule has 0 aliphatic heterocycles. The lowest BCUT2D eigenvalue weighted by atomic mass is 10.2. The molecular formula is C11H18BrN3S. The second-order valence-corrected chi connectivity index (χ2v) is 5.68. The lowest BCUT2D eigenvalue weighted by molar-refractivity contribution is 0.569. The quantitative estimate of drug-likeness (QED) is 0.461. The van der Waals surface area contributed by atoms with Crippen molar-refractivity contribution in [1.82, 2.24) is 10.4 Å². The molecule has 1 rings (SSSR count). The highest BCUT2D eigenvalue weighted by Crippen LogP contribution is 2.11. The van der Waals surface area contributed by atoms with Crippen LogP contribution < -0.4 is 11.3 Å². The van der Waals surface area contributed by atoms with Crippen LogP contribution in [0.3, 0.4) is 0 Å². The molecule has 0 aliphatic rings. The molecule has 3 nitrogen and oxygen atoms in total. The van der Waals surface area contributed by atoms with E-state index in [-0.39, 0.29) is 0 Å². The lowest BCUT2D eigenvalue weighted by Gasteiger charge is -2.14. The zero-order valence-electron chi connectivity index (χ0n) is 9.45. The van der Waals surface area contributed by atoms with Crippen molar-refractivity contribution < 1.29 is 0 Å². The summed E-state index contributed by atoms with van der Waals surface area (Å²) >= 11 is 5.30.